The largest absolute Gasteiger partial charge is 0.317 e. The number of thiazole rings is 1. The number of nitrogens with zero attached hydrogens (tertiary/aromatic N) is 2. The molecule has 0 saturated carbocycles. The number of rotatable bonds is 2. The summed E-state index contributed by atoms with van der Waals surface area (Å²) in [6.07, 6.45) is 0.867. The van der Waals surface area contributed by atoms with Crippen molar-refractivity contribution in [3.8, 4) is 0 Å². The van der Waals surface area contributed by atoms with E-state index in [9.17, 15) is 9.59 Å². The first-order chi connectivity index (χ1) is 11.8. The van der Waals surface area contributed by atoms with Gasteiger partial charge in [0, 0.05) is 30.1 Å². The fourth-order valence-corrected chi connectivity index (χ4v) is 4.16. The quantitative estimate of drug-likeness (QED) is 0.810. The molecule has 3 rings (SSSR count). The summed E-state index contributed by atoms with van der Waals surface area (Å²) in [5, 5.41) is 5.82. The molecule has 0 bridgehead atoms. The summed E-state index contributed by atoms with van der Waals surface area (Å²) in [6, 6.07) is 3.96. The van der Waals surface area contributed by atoms with E-state index >= 15 is 0 Å². The highest BCUT2D eigenvalue weighted by Gasteiger charge is 2.22. The Balaban J connectivity index is 1.69. The number of benzene rings is 1. The van der Waals surface area contributed by atoms with Gasteiger partial charge in [0.1, 0.15) is 0 Å². The minimum absolute atomic E-state index is 0.484. The van der Waals surface area contributed by atoms with Crippen molar-refractivity contribution in [1.82, 2.24) is 9.88 Å². The van der Waals surface area contributed by atoms with Gasteiger partial charge in [-0.1, -0.05) is 17.7 Å². The number of anilines is 2. The van der Waals surface area contributed by atoms with Crippen LogP contribution < -0.4 is 10.6 Å². The number of hydrogen-bond donors (Lipinski definition) is 2. The Bertz CT molecular complexity index is 821. The maximum Gasteiger partial charge on any atom is 0.315 e. The lowest BCUT2D eigenvalue weighted by molar-refractivity contribution is -0.133. The topological polar surface area (TPSA) is 74.3 Å². The first kappa shape index (κ1) is 17.6. The van der Waals surface area contributed by atoms with Gasteiger partial charge in [0.25, 0.3) is 0 Å². The Morgan fingerprint density at radius 3 is 2.44 bits per heavy atom. The van der Waals surface area contributed by atoms with Crippen LogP contribution in [0.3, 0.4) is 0 Å². The Morgan fingerprint density at radius 1 is 1.12 bits per heavy atom. The van der Waals surface area contributed by atoms with Crippen molar-refractivity contribution in [1.29, 1.82) is 0 Å². The number of fused-ring (bicyclic) bond motifs is 1. The molecule has 2 aromatic rings. The molecular weight excluding hydrogens is 336 g/mol. The van der Waals surface area contributed by atoms with Gasteiger partial charge in [0.05, 0.1) is 5.69 Å². The van der Waals surface area contributed by atoms with E-state index in [4.69, 9.17) is 0 Å². The Morgan fingerprint density at radius 2 is 1.76 bits per heavy atom. The second kappa shape index (κ2) is 6.93. The number of likely N-dealkylation sites (N-methyl/N-ethyl adjacent to an activating group) is 1. The standard InChI is InChI=1S/C18H22N4O2S/c1-10-7-11(2)15(12(3)8-10)20-16(23)17(24)21-18-19-13-5-6-22(4)9-14(13)25-18/h7-8H,5-6,9H2,1-4H3,(H,20,23)(H,19,21,24). The monoisotopic (exact) mass is 358 g/mol. The molecule has 7 heteroatoms. The number of hydrogen-bond acceptors (Lipinski definition) is 5. The van der Waals surface area contributed by atoms with E-state index < -0.39 is 11.8 Å². The molecule has 6 nitrogen and oxygen atoms in total. The third-order valence-corrected chi connectivity index (χ3v) is 5.26. The lowest BCUT2D eigenvalue weighted by atomic mass is 10.1. The highest BCUT2D eigenvalue weighted by molar-refractivity contribution is 7.16. The summed E-state index contributed by atoms with van der Waals surface area (Å²) in [5.41, 5.74) is 4.70. The van der Waals surface area contributed by atoms with Gasteiger partial charge in [0.15, 0.2) is 5.13 Å². The number of carbonyl (C=O) groups excluding carboxylic acids is 2. The van der Waals surface area contributed by atoms with Crippen molar-refractivity contribution in [3.63, 3.8) is 0 Å². The first-order valence-corrected chi connectivity index (χ1v) is 9.02. The molecular formula is C18H22N4O2S. The van der Waals surface area contributed by atoms with E-state index in [0.29, 0.717) is 10.8 Å². The van der Waals surface area contributed by atoms with Gasteiger partial charge in [-0.15, -0.1) is 11.3 Å². The van der Waals surface area contributed by atoms with Crippen LogP contribution in [0.4, 0.5) is 10.8 Å². The first-order valence-electron chi connectivity index (χ1n) is 8.21. The molecule has 1 aliphatic heterocycles. The van der Waals surface area contributed by atoms with Gasteiger partial charge in [0.2, 0.25) is 0 Å². The van der Waals surface area contributed by atoms with E-state index in [1.165, 1.54) is 11.3 Å². The summed E-state index contributed by atoms with van der Waals surface area (Å²) in [6.45, 7) is 7.62. The molecule has 25 heavy (non-hydrogen) atoms. The van der Waals surface area contributed by atoms with Gasteiger partial charge < -0.3 is 10.2 Å². The van der Waals surface area contributed by atoms with Crippen LogP contribution in [0.2, 0.25) is 0 Å². The zero-order valence-electron chi connectivity index (χ0n) is 14.9. The smallest absolute Gasteiger partial charge is 0.315 e. The molecule has 2 heterocycles. The fraction of sp³-hybridized carbons (Fsp3) is 0.389. The van der Waals surface area contributed by atoms with Crippen molar-refractivity contribution in [3.05, 3.63) is 39.4 Å². The van der Waals surface area contributed by atoms with Crippen LogP contribution in [-0.4, -0.2) is 35.3 Å². The van der Waals surface area contributed by atoms with Gasteiger partial charge >= 0.3 is 11.8 Å². The molecule has 1 aromatic carbocycles. The van der Waals surface area contributed by atoms with E-state index in [1.807, 2.05) is 32.9 Å². The number of amides is 2. The molecule has 1 aliphatic rings. The molecule has 0 unspecified atom stereocenters. The Hall–Kier alpha value is -2.25. The summed E-state index contributed by atoms with van der Waals surface area (Å²) in [5.74, 6) is -1.38. The summed E-state index contributed by atoms with van der Waals surface area (Å²) in [4.78, 5) is 32.3. The number of carbonyl (C=O) groups is 2. The SMILES string of the molecule is Cc1cc(C)c(NC(=O)C(=O)Nc2nc3c(s2)CN(C)CC3)c(C)c1. The molecule has 0 fully saturated rings. The highest BCUT2D eigenvalue weighted by atomic mass is 32.1. The number of aromatic nitrogens is 1. The van der Waals surface area contributed by atoms with Crippen LogP contribution in [0.25, 0.3) is 0 Å². The third kappa shape index (κ3) is 3.88. The predicted octanol–water partition coefficient (Wildman–Crippen LogP) is 2.63. The third-order valence-electron chi connectivity index (χ3n) is 4.26. The van der Waals surface area contributed by atoms with E-state index in [2.05, 4.69) is 27.6 Å². The maximum atomic E-state index is 12.2. The van der Waals surface area contributed by atoms with Crippen molar-refractivity contribution >= 4 is 34.0 Å². The fourth-order valence-electron chi connectivity index (χ4n) is 3.08. The minimum Gasteiger partial charge on any atom is -0.317 e. The summed E-state index contributed by atoms with van der Waals surface area (Å²) >= 11 is 1.43. The molecule has 132 valence electrons. The second-order valence-corrected chi connectivity index (χ2v) is 7.64. The molecule has 1 aromatic heterocycles. The Labute approximate surface area is 151 Å². The van der Waals surface area contributed by atoms with Crippen LogP contribution in [0.15, 0.2) is 12.1 Å². The van der Waals surface area contributed by atoms with E-state index in [-0.39, 0.29) is 0 Å². The van der Waals surface area contributed by atoms with Crippen molar-refractivity contribution in [2.75, 3.05) is 24.2 Å². The zero-order valence-corrected chi connectivity index (χ0v) is 15.7. The number of aryl methyl sites for hydroxylation is 3. The van der Waals surface area contributed by atoms with Gasteiger partial charge in [-0.25, -0.2) is 4.98 Å². The van der Waals surface area contributed by atoms with Crippen molar-refractivity contribution < 1.29 is 9.59 Å². The van der Waals surface area contributed by atoms with Crippen LogP contribution in [0.5, 0.6) is 0 Å². The molecule has 0 spiro atoms. The normalized spacial score (nSPS) is 14.1. The lowest BCUT2D eigenvalue weighted by Crippen LogP contribution is -2.29. The van der Waals surface area contributed by atoms with Crippen molar-refractivity contribution in [2.24, 2.45) is 0 Å². The van der Waals surface area contributed by atoms with Crippen LogP contribution in [0.1, 0.15) is 27.3 Å². The average molecular weight is 358 g/mol. The summed E-state index contributed by atoms with van der Waals surface area (Å²) in [7, 11) is 2.06. The summed E-state index contributed by atoms with van der Waals surface area (Å²) < 4.78 is 0. The predicted molar refractivity (Wildman–Crippen MR) is 100 cm³/mol. The lowest BCUT2D eigenvalue weighted by Gasteiger charge is -2.20. The van der Waals surface area contributed by atoms with E-state index in [1.54, 1.807) is 0 Å². The molecule has 0 aliphatic carbocycles. The molecule has 0 atom stereocenters. The van der Waals surface area contributed by atoms with Gasteiger partial charge in [-0.2, -0.15) is 0 Å². The van der Waals surface area contributed by atoms with Crippen LogP contribution in [-0.2, 0) is 22.6 Å². The molecule has 2 amide bonds. The van der Waals surface area contributed by atoms with Crippen LogP contribution >= 0.6 is 11.3 Å². The minimum atomic E-state index is -0.696. The van der Waals surface area contributed by atoms with Gasteiger partial charge in [-0.3, -0.25) is 14.9 Å². The van der Waals surface area contributed by atoms with E-state index in [0.717, 1.165) is 46.8 Å². The maximum absolute atomic E-state index is 12.2. The highest BCUT2D eigenvalue weighted by Crippen LogP contribution is 2.28. The zero-order chi connectivity index (χ0) is 18.1. The molecule has 2 N–H and O–H groups in total. The molecule has 0 saturated heterocycles. The van der Waals surface area contributed by atoms with Gasteiger partial charge in [-0.05, 0) is 38.9 Å². The Kier molecular flexibility index (Phi) is 4.87. The molecule has 0 radical (unpaired) electrons. The van der Waals surface area contributed by atoms with Crippen LogP contribution in [0, 0.1) is 20.8 Å². The number of nitrogens with one attached hydrogen (secondary N) is 2. The average Bonchev–Trinajstić information content (AvgIpc) is 2.91. The second-order valence-electron chi connectivity index (χ2n) is 6.56. The van der Waals surface area contributed by atoms with Crippen molar-refractivity contribution in [2.45, 2.75) is 33.7 Å².